The van der Waals surface area contributed by atoms with Crippen molar-refractivity contribution in [2.75, 3.05) is 17.4 Å². The highest BCUT2D eigenvalue weighted by Crippen LogP contribution is 2.06. The number of halogens is 1. The van der Waals surface area contributed by atoms with Crippen LogP contribution in [0.1, 0.15) is 58.3 Å². The Balaban J connectivity index is 3.10. The number of hydrogen-bond acceptors (Lipinski definition) is 1. The van der Waals surface area contributed by atoms with E-state index in [1.807, 2.05) is 0 Å². The van der Waals surface area contributed by atoms with Gasteiger partial charge in [0, 0.05) is 28.2 Å². The van der Waals surface area contributed by atoms with Crippen molar-refractivity contribution in [3.63, 3.8) is 0 Å². The average molecular weight is 253 g/mol. The zero-order valence-corrected chi connectivity index (χ0v) is 11.5. The van der Waals surface area contributed by atoms with Crippen LogP contribution in [0.4, 0.5) is 0 Å². The van der Waals surface area contributed by atoms with E-state index in [-0.39, 0.29) is 0 Å². The van der Waals surface area contributed by atoms with Crippen molar-refractivity contribution in [2.45, 2.75) is 58.3 Å². The third kappa shape index (κ3) is 12.4. The van der Waals surface area contributed by atoms with Gasteiger partial charge in [-0.25, -0.2) is 0 Å². The summed E-state index contributed by atoms with van der Waals surface area (Å²) in [5.41, 5.74) is 0. The molecule has 0 aromatic carbocycles. The van der Waals surface area contributed by atoms with Gasteiger partial charge in [0.2, 0.25) is 0 Å². The highest BCUT2D eigenvalue weighted by molar-refractivity contribution is 7.84. The van der Waals surface area contributed by atoms with Gasteiger partial charge in [0.1, 0.15) is 0 Å². The highest BCUT2D eigenvalue weighted by Gasteiger charge is 1.99. The summed E-state index contributed by atoms with van der Waals surface area (Å²) >= 11 is 5.56. The minimum absolute atomic E-state index is 0.587. The number of hydrogen-bond donors (Lipinski definition) is 0. The fourth-order valence-electron chi connectivity index (χ4n) is 1.50. The topological polar surface area (TPSA) is 17.1 Å². The first-order valence-electron chi connectivity index (χ1n) is 6.22. The Morgan fingerprint density at radius 1 is 0.867 bits per heavy atom. The summed E-state index contributed by atoms with van der Waals surface area (Å²) in [6, 6.07) is 0. The van der Waals surface area contributed by atoms with Crippen LogP contribution in [0.5, 0.6) is 0 Å². The second-order valence-corrected chi connectivity index (χ2v) is 6.09. The monoisotopic (exact) mass is 252 g/mol. The maximum absolute atomic E-state index is 11.5. The summed E-state index contributed by atoms with van der Waals surface area (Å²) in [5, 5.41) is 0. The van der Waals surface area contributed by atoms with E-state index < -0.39 is 10.8 Å². The maximum atomic E-state index is 11.5. The predicted octanol–water partition coefficient (Wildman–Crippen LogP) is 4.11. The Bertz CT molecular complexity index is 151. The lowest BCUT2D eigenvalue weighted by molar-refractivity contribution is 0.621. The summed E-state index contributed by atoms with van der Waals surface area (Å²) in [4.78, 5) is 0. The van der Waals surface area contributed by atoms with Gasteiger partial charge >= 0.3 is 0 Å². The molecule has 0 radical (unpaired) electrons. The fourth-order valence-corrected chi connectivity index (χ4v) is 2.95. The van der Waals surface area contributed by atoms with Crippen LogP contribution in [-0.2, 0) is 10.8 Å². The molecule has 0 aliphatic rings. The molecule has 15 heavy (non-hydrogen) atoms. The van der Waals surface area contributed by atoms with Gasteiger partial charge in [-0.05, 0) is 19.3 Å². The largest absolute Gasteiger partial charge is 0.260 e. The zero-order valence-electron chi connectivity index (χ0n) is 9.97. The molecular weight excluding hydrogens is 228 g/mol. The summed E-state index contributed by atoms with van der Waals surface area (Å²) in [5.74, 6) is 2.45. The van der Waals surface area contributed by atoms with Gasteiger partial charge in [0.05, 0.1) is 0 Å². The maximum Gasteiger partial charge on any atom is 0.0235 e. The summed E-state index contributed by atoms with van der Waals surface area (Å²) in [6.07, 6.45) is 9.71. The second-order valence-electron chi connectivity index (χ2n) is 4.01. The summed E-state index contributed by atoms with van der Waals surface area (Å²) in [7, 11) is -0.587. The molecule has 0 aromatic heterocycles. The molecular formula is C12H25ClOS. The van der Waals surface area contributed by atoms with Crippen molar-refractivity contribution in [2.24, 2.45) is 0 Å². The molecule has 0 fully saturated rings. The average Bonchev–Trinajstić information content (AvgIpc) is 2.23. The van der Waals surface area contributed by atoms with Gasteiger partial charge in [-0.1, -0.05) is 39.0 Å². The Labute approximate surface area is 102 Å². The van der Waals surface area contributed by atoms with E-state index in [0.29, 0.717) is 5.88 Å². The number of rotatable bonds is 11. The molecule has 1 nitrogen and oxygen atoms in total. The standard InChI is InChI=1S/C12H25ClOS/c1-2-3-4-5-6-8-11-15(14)12-9-7-10-13/h2-12H2,1H3. The number of unbranched alkanes of at least 4 members (excludes halogenated alkanes) is 6. The lowest BCUT2D eigenvalue weighted by Crippen LogP contribution is -2.03. The van der Waals surface area contributed by atoms with Crippen LogP contribution in [0.2, 0.25) is 0 Å². The van der Waals surface area contributed by atoms with Crippen molar-refractivity contribution in [3.8, 4) is 0 Å². The van der Waals surface area contributed by atoms with Crippen molar-refractivity contribution in [1.29, 1.82) is 0 Å². The van der Waals surface area contributed by atoms with Gasteiger partial charge in [-0.2, -0.15) is 0 Å². The highest BCUT2D eigenvalue weighted by atomic mass is 35.5. The molecule has 0 saturated heterocycles. The van der Waals surface area contributed by atoms with E-state index in [9.17, 15) is 4.21 Å². The van der Waals surface area contributed by atoms with Crippen LogP contribution < -0.4 is 0 Å². The van der Waals surface area contributed by atoms with E-state index in [1.165, 1.54) is 32.1 Å². The van der Waals surface area contributed by atoms with Crippen molar-refractivity contribution >= 4 is 22.4 Å². The molecule has 0 aliphatic carbocycles. The normalized spacial score (nSPS) is 12.9. The minimum Gasteiger partial charge on any atom is -0.260 e. The van der Waals surface area contributed by atoms with Gasteiger partial charge in [-0.15, -0.1) is 11.6 Å². The second kappa shape index (κ2) is 12.5. The molecule has 0 aromatic rings. The molecule has 0 amide bonds. The minimum atomic E-state index is -0.587. The first-order valence-corrected chi connectivity index (χ1v) is 8.24. The molecule has 3 heteroatoms. The molecule has 0 rings (SSSR count). The van der Waals surface area contributed by atoms with Crippen molar-refractivity contribution < 1.29 is 4.21 Å². The fraction of sp³-hybridized carbons (Fsp3) is 1.00. The first-order chi connectivity index (χ1) is 7.31. The summed E-state index contributed by atoms with van der Waals surface area (Å²) in [6.45, 7) is 2.23. The van der Waals surface area contributed by atoms with E-state index >= 15 is 0 Å². The van der Waals surface area contributed by atoms with Gasteiger partial charge in [0.15, 0.2) is 0 Å². The summed E-state index contributed by atoms with van der Waals surface area (Å²) < 4.78 is 11.5. The molecule has 92 valence electrons. The van der Waals surface area contributed by atoms with Crippen LogP contribution in [0, 0.1) is 0 Å². The molecule has 0 saturated carbocycles. The quantitative estimate of drug-likeness (QED) is 0.399. The third-order valence-electron chi connectivity index (χ3n) is 2.48. The van der Waals surface area contributed by atoms with Crippen LogP contribution in [0.15, 0.2) is 0 Å². The van der Waals surface area contributed by atoms with Crippen molar-refractivity contribution in [1.82, 2.24) is 0 Å². The van der Waals surface area contributed by atoms with Crippen LogP contribution in [0.25, 0.3) is 0 Å². The van der Waals surface area contributed by atoms with Gasteiger partial charge < -0.3 is 0 Å². The molecule has 0 N–H and O–H groups in total. The molecule has 0 spiro atoms. The Hall–Kier alpha value is 0.440. The molecule has 1 unspecified atom stereocenters. The van der Waals surface area contributed by atoms with E-state index in [0.717, 1.165) is 30.8 Å². The Morgan fingerprint density at radius 3 is 2.00 bits per heavy atom. The van der Waals surface area contributed by atoms with Crippen LogP contribution in [-0.4, -0.2) is 21.6 Å². The van der Waals surface area contributed by atoms with Crippen molar-refractivity contribution in [3.05, 3.63) is 0 Å². The third-order valence-corrected chi connectivity index (χ3v) is 4.24. The molecule has 1 atom stereocenters. The molecule has 0 heterocycles. The lowest BCUT2D eigenvalue weighted by atomic mass is 10.1. The van der Waals surface area contributed by atoms with Gasteiger partial charge in [0.25, 0.3) is 0 Å². The first kappa shape index (κ1) is 15.4. The van der Waals surface area contributed by atoms with E-state index in [4.69, 9.17) is 11.6 Å². The van der Waals surface area contributed by atoms with E-state index in [1.54, 1.807) is 0 Å². The lowest BCUT2D eigenvalue weighted by Gasteiger charge is -2.02. The number of alkyl halides is 1. The molecule has 0 aliphatic heterocycles. The van der Waals surface area contributed by atoms with E-state index in [2.05, 4.69) is 6.92 Å². The molecule has 0 bridgehead atoms. The smallest absolute Gasteiger partial charge is 0.0235 e. The van der Waals surface area contributed by atoms with Crippen LogP contribution >= 0.6 is 11.6 Å². The SMILES string of the molecule is CCCCCCCCS(=O)CCCCCl. The van der Waals surface area contributed by atoms with Gasteiger partial charge in [-0.3, -0.25) is 4.21 Å². The zero-order chi connectivity index (χ0) is 11.4. The Kier molecular flexibility index (Phi) is 12.9. The predicted molar refractivity (Wildman–Crippen MR) is 71.2 cm³/mol. The van der Waals surface area contributed by atoms with Crippen LogP contribution in [0.3, 0.4) is 0 Å². The Morgan fingerprint density at radius 2 is 1.40 bits per heavy atom.